The second kappa shape index (κ2) is 9.60. The lowest BCUT2D eigenvalue weighted by Crippen LogP contribution is -2.38. The molecule has 2 amide bonds. The van der Waals surface area contributed by atoms with Crippen molar-refractivity contribution < 1.29 is 23.5 Å². The molecular formula is C22H22N2O6. The van der Waals surface area contributed by atoms with Crippen molar-refractivity contribution in [2.45, 2.75) is 13.8 Å². The molecule has 1 aromatic heterocycles. The summed E-state index contributed by atoms with van der Waals surface area (Å²) < 4.78 is 16.9. The smallest absolute Gasteiger partial charge is 0.258 e. The average molecular weight is 410 g/mol. The number of likely N-dealkylation sites (N-methyl/N-ethyl adjacent to an activating group) is 1. The summed E-state index contributed by atoms with van der Waals surface area (Å²) in [5.41, 5.74) is 0.0157. The van der Waals surface area contributed by atoms with Gasteiger partial charge in [0.1, 0.15) is 22.8 Å². The van der Waals surface area contributed by atoms with Crippen LogP contribution < -0.4 is 25.5 Å². The highest BCUT2D eigenvalue weighted by Crippen LogP contribution is 2.27. The van der Waals surface area contributed by atoms with Crippen molar-refractivity contribution >= 4 is 22.8 Å². The van der Waals surface area contributed by atoms with Gasteiger partial charge < -0.3 is 24.5 Å². The lowest BCUT2D eigenvalue weighted by atomic mass is 10.2. The average Bonchev–Trinajstić information content (AvgIpc) is 2.74. The fourth-order valence-corrected chi connectivity index (χ4v) is 2.72. The monoisotopic (exact) mass is 410 g/mol. The van der Waals surface area contributed by atoms with E-state index < -0.39 is 5.91 Å². The van der Waals surface area contributed by atoms with Gasteiger partial charge in [-0.25, -0.2) is 0 Å². The van der Waals surface area contributed by atoms with Crippen LogP contribution in [0.15, 0.2) is 57.7 Å². The summed E-state index contributed by atoms with van der Waals surface area (Å²) in [4.78, 5) is 36.0. The normalized spacial score (nSPS) is 10.5. The van der Waals surface area contributed by atoms with Crippen LogP contribution in [0.2, 0.25) is 0 Å². The van der Waals surface area contributed by atoms with Gasteiger partial charge in [0.05, 0.1) is 11.9 Å². The van der Waals surface area contributed by atoms with Gasteiger partial charge >= 0.3 is 0 Å². The van der Waals surface area contributed by atoms with E-state index in [0.717, 1.165) is 0 Å². The summed E-state index contributed by atoms with van der Waals surface area (Å²) >= 11 is 0. The molecule has 8 nitrogen and oxygen atoms in total. The third kappa shape index (κ3) is 5.16. The van der Waals surface area contributed by atoms with E-state index in [4.69, 9.17) is 13.9 Å². The number of rotatable bonds is 8. The number of nitrogens with one attached hydrogen (secondary N) is 2. The first-order valence-electron chi connectivity index (χ1n) is 9.44. The van der Waals surface area contributed by atoms with Gasteiger partial charge in [0.15, 0.2) is 6.61 Å². The highest BCUT2D eigenvalue weighted by atomic mass is 16.5. The topological polar surface area (TPSA) is 107 Å². The van der Waals surface area contributed by atoms with Crippen molar-refractivity contribution in [3.63, 3.8) is 0 Å². The van der Waals surface area contributed by atoms with Gasteiger partial charge in [0, 0.05) is 12.6 Å². The second-order valence-corrected chi connectivity index (χ2v) is 6.41. The summed E-state index contributed by atoms with van der Waals surface area (Å²) in [6, 6.07) is 13.6. The maximum absolute atomic E-state index is 12.8. The van der Waals surface area contributed by atoms with E-state index in [1.807, 2.05) is 18.2 Å². The molecule has 156 valence electrons. The van der Waals surface area contributed by atoms with Gasteiger partial charge in [-0.1, -0.05) is 18.2 Å². The predicted octanol–water partition coefficient (Wildman–Crippen LogP) is 2.52. The van der Waals surface area contributed by atoms with Crippen LogP contribution in [0.4, 0.5) is 0 Å². The van der Waals surface area contributed by atoms with Crippen LogP contribution in [0, 0.1) is 6.92 Å². The van der Waals surface area contributed by atoms with Gasteiger partial charge in [-0.05, 0) is 38.1 Å². The number of hydrogen-bond acceptors (Lipinski definition) is 6. The number of benzene rings is 2. The fourth-order valence-electron chi connectivity index (χ4n) is 2.72. The van der Waals surface area contributed by atoms with Crippen molar-refractivity contribution in [3.05, 3.63) is 64.5 Å². The minimum Gasteiger partial charge on any atom is -0.484 e. The molecule has 0 aliphatic heterocycles. The fraction of sp³-hybridized carbons (Fsp3) is 0.227. The number of amides is 2. The predicted molar refractivity (Wildman–Crippen MR) is 111 cm³/mol. The number of para-hydroxylation sites is 1. The number of fused-ring (bicyclic) bond motifs is 1. The van der Waals surface area contributed by atoms with E-state index in [2.05, 4.69) is 10.6 Å². The summed E-state index contributed by atoms with van der Waals surface area (Å²) in [7, 11) is 0. The standard InChI is InChI=1S/C22H22N2O6/c1-3-23-19(25)12-24-20(26)13-28-16-9-10-17-18(11-16)29-14(2)22(21(17)27)30-15-7-5-4-6-8-15/h4-11H,3,12-13H2,1-2H3,(H,23,25)(H,24,26). The molecule has 0 aliphatic rings. The number of carbonyl (C=O) groups is 2. The number of hydrogen-bond donors (Lipinski definition) is 2. The van der Waals surface area contributed by atoms with Crippen molar-refractivity contribution in [1.29, 1.82) is 0 Å². The maximum Gasteiger partial charge on any atom is 0.258 e. The van der Waals surface area contributed by atoms with Crippen LogP contribution in [-0.2, 0) is 9.59 Å². The minimum atomic E-state index is -0.439. The number of carbonyl (C=O) groups excluding carboxylic acids is 2. The van der Waals surface area contributed by atoms with Crippen molar-refractivity contribution in [2.24, 2.45) is 0 Å². The zero-order valence-electron chi connectivity index (χ0n) is 16.7. The Morgan fingerprint density at radius 3 is 2.50 bits per heavy atom. The Morgan fingerprint density at radius 2 is 1.77 bits per heavy atom. The van der Waals surface area contributed by atoms with Crippen LogP contribution in [0.1, 0.15) is 12.7 Å². The summed E-state index contributed by atoms with van der Waals surface area (Å²) in [5.74, 6) is 0.619. The molecular weight excluding hydrogens is 388 g/mol. The molecule has 0 atom stereocenters. The summed E-state index contributed by atoms with van der Waals surface area (Å²) in [5, 5.41) is 5.37. The molecule has 3 rings (SSSR count). The van der Waals surface area contributed by atoms with Crippen LogP contribution in [-0.4, -0.2) is 31.5 Å². The SMILES string of the molecule is CCNC(=O)CNC(=O)COc1ccc2c(=O)c(Oc3ccccc3)c(C)oc2c1. The Bertz CT molecular complexity index is 1110. The van der Waals surface area contributed by atoms with Crippen molar-refractivity contribution in [2.75, 3.05) is 19.7 Å². The van der Waals surface area contributed by atoms with E-state index in [-0.39, 0.29) is 30.2 Å². The minimum absolute atomic E-state index is 0.118. The zero-order valence-corrected chi connectivity index (χ0v) is 16.7. The third-order valence-electron chi connectivity index (χ3n) is 4.14. The van der Waals surface area contributed by atoms with Gasteiger partial charge in [-0.2, -0.15) is 0 Å². The molecule has 30 heavy (non-hydrogen) atoms. The highest BCUT2D eigenvalue weighted by molar-refractivity contribution is 5.85. The lowest BCUT2D eigenvalue weighted by molar-refractivity contribution is -0.127. The Morgan fingerprint density at radius 1 is 1.00 bits per heavy atom. The Balaban J connectivity index is 1.71. The van der Waals surface area contributed by atoms with E-state index in [1.54, 1.807) is 38.1 Å². The molecule has 3 aromatic rings. The first-order chi connectivity index (χ1) is 14.5. The molecule has 2 aromatic carbocycles. The van der Waals surface area contributed by atoms with Crippen LogP contribution in [0.25, 0.3) is 11.0 Å². The van der Waals surface area contributed by atoms with Crippen molar-refractivity contribution in [1.82, 2.24) is 10.6 Å². The van der Waals surface area contributed by atoms with Gasteiger partial charge in [-0.3, -0.25) is 14.4 Å². The maximum atomic E-state index is 12.8. The Hall–Kier alpha value is -3.81. The largest absolute Gasteiger partial charge is 0.484 e. The van der Waals surface area contributed by atoms with E-state index >= 15 is 0 Å². The molecule has 0 bridgehead atoms. The van der Waals surface area contributed by atoms with Crippen LogP contribution >= 0.6 is 0 Å². The molecule has 0 unspecified atom stereocenters. The molecule has 2 N–H and O–H groups in total. The van der Waals surface area contributed by atoms with Crippen LogP contribution in [0.3, 0.4) is 0 Å². The summed E-state index contributed by atoms with van der Waals surface area (Å²) in [6.45, 7) is 3.53. The van der Waals surface area contributed by atoms with E-state index in [9.17, 15) is 14.4 Å². The van der Waals surface area contributed by atoms with Crippen molar-refractivity contribution in [3.8, 4) is 17.2 Å². The second-order valence-electron chi connectivity index (χ2n) is 6.41. The molecule has 0 fully saturated rings. The Labute approximate surface area is 172 Å². The Kier molecular flexibility index (Phi) is 6.69. The number of ether oxygens (including phenoxy) is 2. The molecule has 0 aliphatic carbocycles. The molecule has 0 saturated carbocycles. The molecule has 1 heterocycles. The van der Waals surface area contributed by atoms with Gasteiger partial charge in [-0.15, -0.1) is 0 Å². The molecule has 0 saturated heterocycles. The highest BCUT2D eigenvalue weighted by Gasteiger charge is 2.15. The zero-order chi connectivity index (χ0) is 21.5. The lowest BCUT2D eigenvalue weighted by Gasteiger charge is -2.10. The van der Waals surface area contributed by atoms with E-state index in [0.29, 0.717) is 34.8 Å². The third-order valence-corrected chi connectivity index (χ3v) is 4.14. The van der Waals surface area contributed by atoms with Gasteiger partial charge in [0.2, 0.25) is 17.1 Å². The summed E-state index contributed by atoms with van der Waals surface area (Å²) in [6.07, 6.45) is 0. The van der Waals surface area contributed by atoms with Gasteiger partial charge in [0.25, 0.3) is 5.91 Å². The molecule has 0 radical (unpaired) electrons. The van der Waals surface area contributed by atoms with Crippen LogP contribution in [0.5, 0.6) is 17.2 Å². The first kappa shape index (κ1) is 20.9. The molecule has 8 heteroatoms. The van der Waals surface area contributed by atoms with E-state index in [1.165, 1.54) is 6.07 Å². The number of aryl methyl sites for hydroxylation is 1. The first-order valence-corrected chi connectivity index (χ1v) is 9.44. The molecule has 0 spiro atoms. The quantitative estimate of drug-likeness (QED) is 0.591.